The number of benzene rings is 1. The molecule has 1 aromatic carbocycles. The van der Waals surface area contributed by atoms with E-state index in [9.17, 15) is 22.9 Å². The average Bonchev–Trinajstić information content (AvgIpc) is 2.38. The number of aliphatic hydroxyl groups is 1. The second-order valence-corrected chi connectivity index (χ2v) is 5.87. The van der Waals surface area contributed by atoms with E-state index in [2.05, 4.69) is 4.72 Å². The van der Waals surface area contributed by atoms with Gasteiger partial charge in [-0.1, -0.05) is 0 Å². The number of rotatable bonds is 8. The highest BCUT2D eigenvalue weighted by molar-refractivity contribution is 7.89. The number of ether oxygens (including phenoxy) is 1. The molecule has 0 fully saturated rings. The fourth-order valence-electron chi connectivity index (χ4n) is 1.62. The molecule has 0 bridgehead atoms. The number of halogens is 1. The average molecular weight is 322 g/mol. The summed E-state index contributed by atoms with van der Waals surface area (Å²) in [6.45, 7) is -0.236. The molecule has 2 N–H and O–H groups in total. The third kappa shape index (κ3) is 4.70. The number of sulfonamides is 1. The van der Waals surface area contributed by atoms with Gasteiger partial charge in [0.15, 0.2) is 0 Å². The lowest BCUT2D eigenvalue weighted by molar-refractivity contribution is -0.387. The van der Waals surface area contributed by atoms with Crippen molar-refractivity contribution in [1.82, 2.24) is 4.72 Å². The summed E-state index contributed by atoms with van der Waals surface area (Å²) >= 11 is 0. The predicted octanol–water partition coefficient (Wildman–Crippen LogP) is 0.410. The Morgan fingerprint density at radius 1 is 1.52 bits per heavy atom. The van der Waals surface area contributed by atoms with Gasteiger partial charge in [0.2, 0.25) is 15.8 Å². The lowest BCUT2D eigenvalue weighted by Gasteiger charge is -2.16. The summed E-state index contributed by atoms with van der Waals surface area (Å²) in [5.74, 6) is -1.24. The summed E-state index contributed by atoms with van der Waals surface area (Å²) < 4.78 is 44.6. The first-order chi connectivity index (χ1) is 9.81. The maximum Gasteiger partial charge on any atom is 0.304 e. The number of hydrogen-bond acceptors (Lipinski definition) is 6. The number of methoxy groups -OCH3 is 1. The van der Waals surface area contributed by atoms with Crippen LogP contribution in [0.5, 0.6) is 0 Å². The summed E-state index contributed by atoms with van der Waals surface area (Å²) in [5, 5.41) is 19.3. The van der Waals surface area contributed by atoms with E-state index in [0.717, 1.165) is 12.1 Å². The summed E-state index contributed by atoms with van der Waals surface area (Å²) in [6.07, 6.45) is 0.114. The number of nitro groups is 1. The van der Waals surface area contributed by atoms with Crippen LogP contribution in [-0.4, -0.2) is 44.8 Å². The lowest BCUT2D eigenvalue weighted by atomic mass is 10.2. The van der Waals surface area contributed by atoms with Crippen molar-refractivity contribution in [3.05, 3.63) is 34.1 Å². The van der Waals surface area contributed by atoms with Gasteiger partial charge < -0.3 is 9.84 Å². The molecular weight excluding hydrogens is 307 g/mol. The minimum atomic E-state index is -4.07. The number of hydrogen-bond donors (Lipinski definition) is 2. The largest absolute Gasteiger partial charge is 0.396 e. The Morgan fingerprint density at radius 2 is 2.19 bits per heavy atom. The van der Waals surface area contributed by atoms with Crippen LogP contribution >= 0.6 is 0 Å². The summed E-state index contributed by atoms with van der Waals surface area (Å²) in [4.78, 5) is 9.10. The van der Waals surface area contributed by atoms with Crippen molar-refractivity contribution >= 4 is 15.7 Å². The second kappa shape index (κ2) is 7.41. The molecule has 1 unspecified atom stereocenters. The Hall–Kier alpha value is -1.62. The fourth-order valence-corrected chi connectivity index (χ4v) is 2.89. The number of aliphatic hydroxyl groups excluding tert-OH is 1. The van der Waals surface area contributed by atoms with Crippen LogP contribution in [0.2, 0.25) is 0 Å². The van der Waals surface area contributed by atoms with Gasteiger partial charge >= 0.3 is 5.69 Å². The zero-order valence-corrected chi connectivity index (χ0v) is 12.0. The van der Waals surface area contributed by atoms with E-state index in [4.69, 9.17) is 9.84 Å². The van der Waals surface area contributed by atoms with E-state index in [1.807, 2.05) is 0 Å². The van der Waals surface area contributed by atoms with Crippen molar-refractivity contribution in [2.45, 2.75) is 17.4 Å². The highest BCUT2D eigenvalue weighted by Crippen LogP contribution is 2.21. The second-order valence-electron chi connectivity index (χ2n) is 4.16. The molecule has 0 aliphatic rings. The molecule has 1 rings (SSSR count). The van der Waals surface area contributed by atoms with E-state index in [0.29, 0.717) is 6.07 Å². The first-order valence-electron chi connectivity index (χ1n) is 5.88. The standard InChI is InChI=1S/C11H15FN2O6S/c1-20-7-8(4-5-15)13-21(18,19)9-2-3-11(14(16)17)10(12)6-9/h2-3,6,8,13,15H,4-5,7H2,1H3. The Labute approximate surface area is 120 Å². The van der Waals surface area contributed by atoms with E-state index >= 15 is 0 Å². The molecular formula is C11H15FN2O6S. The molecule has 10 heteroatoms. The maximum atomic E-state index is 13.5. The minimum absolute atomic E-state index is 0.0231. The molecule has 1 atom stereocenters. The lowest BCUT2D eigenvalue weighted by Crippen LogP contribution is -2.38. The number of nitrogens with zero attached hydrogens (tertiary/aromatic N) is 1. The van der Waals surface area contributed by atoms with E-state index < -0.39 is 37.4 Å². The Balaban J connectivity index is 3.02. The molecule has 118 valence electrons. The summed E-state index contributed by atoms with van der Waals surface area (Å²) in [7, 11) is -2.71. The van der Waals surface area contributed by atoms with Crippen LogP contribution in [0.1, 0.15) is 6.42 Å². The Kier molecular flexibility index (Phi) is 6.15. The van der Waals surface area contributed by atoms with Crippen LogP contribution in [0.4, 0.5) is 10.1 Å². The van der Waals surface area contributed by atoms with Crippen molar-refractivity contribution in [2.24, 2.45) is 0 Å². The SMILES string of the molecule is COCC(CCO)NS(=O)(=O)c1ccc([N+](=O)[O-])c(F)c1. The Bertz CT molecular complexity index is 601. The zero-order chi connectivity index (χ0) is 16.0. The molecule has 8 nitrogen and oxygen atoms in total. The van der Waals surface area contributed by atoms with Crippen LogP contribution in [0, 0.1) is 15.9 Å². The van der Waals surface area contributed by atoms with E-state index in [1.165, 1.54) is 7.11 Å². The predicted molar refractivity (Wildman–Crippen MR) is 70.7 cm³/mol. The van der Waals surface area contributed by atoms with Crippen molar-refractivity contribution in [3.8, 4) is 0 Å². The van der Waals surface area contributed by atoms with Crippen molar-refractivity contribution in [1.29, 1.82) is 0 Å². The Morgan fingerprint density at radius 3 is 2.67 bits per heavy atom. The van der Waals surface area contributed by atoms with Gasteiger partial charge in [-0.3, -0.25) is 10.1 Å². The van der Waals surface area contributed by atoms with Gasteiger partial charge in [0.25, 0.3) is 0 Å². The van der Waals surface area contributed by atoms with Crippen molar-refractivity contribution in [3.63, 3.8) is 0 Å². The summed E-state index contributed by atoms with van der Waals surface area (Å²) in [5.41, 5.74) is -0.808. The maximum absolute atomic E-state index is 13.5. The number of nitro benzene ring substituents is 1. The highest BCUT2D eigenvalue weighted by atomic mass is 32.2. The van der Waals surface area contributed by atoms with Crippen LogP contribution in [0.25, 0.3) is 0 Å². The molecule has 0 spiro atoms. The van der Waals surface area contributed by atoms with Crippen LogP contribution < -0.4 is 4.72 Å². The fraction of sp³-hybridized carbons (Fsp3) is 0.455. The van der Waals surface area contributed by atoms with E-state index in [1.54, 1.807) is 0 Å². The third-order valence-corrected chi connectivity index (χ3v) is 4.11. The molecule has 0 heterocycles. The van der Waals surface area contributed by atoms with Gasteiger partial charge in [-0.2, -0.15) is 4.39 Å². The zero-order valence-electron chi connectivity index (χ0n) is 11.2. The van der Waals surface area contributed by atoms with Crippen LogP contribution in [0.15, 0.2) is 23.1 Å². The third-order valence-electron chi connectivity index (χ3n) is 2.59. The molecule has 0 saturated carbocycles. The van der Waals surface area contributed by atoms with Crippen molar-refractivity contribution < 1.29 is 27.6 Å². The van der Waals surface area contributed by atoms with Gasteiger partial charge in [-0.05, 0) is 12.5 Å². The first kappa shape index (κ1) is 17.4. The van der Waals surface area contributed by atoms with Crippen molar-refractivity contribution in [2.75, 3.05) is 20.3 Å². The quantitative estimate of drug-likeness (QED) is 0.528. The normalized spacial score (nSPS) is 13.1. The molecule has 21 heavy (non-hydrogen) atoms. The smallest absolute Gasteiger partial charge is 0.304 e. The molecule has 1 aromatic rings. The molecule has 0 aromatic heterocycles. The van der Waals surface area contributed by atoms with Gasteiger partial charge in [0.1, 0.15) is 0 Å². The summed E-state index contributed by atoms with van der Waals surface area (Å²) in [6, 6.07) is 1.60. The van der Waals surface area contributed by atoms with Gasteiger partial charge in [0.05, 0.1) is 16.4 Å². The van der Waals surface area contributed by atoms with Crippen LogP contribution in [-0.2, 0) is 14.8 Å². The molecule has 0 radical (unpaired) electrons. The van der Waals surface area contributed by atoms with E-state index in [-0.39, 0.29) is 19.6 Å². The monoisotopic (exact) mass is 322 g/mol. The van der Waals surface area contributed by atoms with Gasteiger partial charge in [-0.25, -0.2) is 13.1 Å². The van der Waals surface area contributed by atoms with Crippen LogP contribution in [0.3, 0.4) is 0 Å². The highest BCUT2D eigenvalue weighted by Gasteiger charge is 2.23. The molecule has 0 aliphatic carbocycles. The number of nitrogens with one attached hydrogen (secondary N) is 1. The van der Waals surface area contributed by atoms with Gasteiger partial charge in [0, 0.05) is 31.9 Å². The minimum Gasteiger partial charge on any atom is -0.396 e. The molecule has 0 saturated heterocycles. The van der Waals surface area contributed by atoms with Gasteiger partial charge in [-0.15, -0.1) is 0 Å². The molecule has 0 amide bonds. The topological polar surface area (TPSA) is 119 Å². The molecule has 0 aliphatic heterocycles. The first-order valence-corrected chi connectivity index (χ1v) is 7.36.